The number of imide groups is 1. The maximum absolute atomic E-state index is 12.3. The second-order valence-electron chi connectivity index (χ2n) is 5.45. The minimum absolute atomic E-state index is 0.117. The number of likely N-dealkylation sites (N-methyl/N-ethyl adjacent to an activating group) is 1. The van der Waals surface area contributed by atoms with E-state index in [1.54, 1.807) is 0 Å². The Balaban J connectivity index is 1.72. The lowest BCUT2D eigenvalue weighted by atomic mass is 10.0. The highest BCUT2D eigenvalue weighted by Crippen LogP contribution is 2.22. The predicted octanol–water partition coefficient (Wildman–Crippen LogP) is 0.287. The number of nitrogens with one attached hydrogen (secondary N) is 2. The first-order valence-electron chi connectivity index (χ1n) is 7.01. The number of hydrogen-bond donors (Lipinski definition) is 2. The maximum Gasteiger partial charge on any atom is 0.246 e. The van der Waals surface area contributed by atoms with Crippen LogP contribution >= 0.6 is 0 Å². The summed E-state index contributed by atoms with van der Waals surface area (Å²) in [4.78, 5) is 36.8. The molecule has 3 amide bonds. The average molecular weight is 287 g/mol. The van der Waals surface area contributed by atoms with Crippen molar-refractivity contribution in [3.05, 3.63) is 29.8 Å². The Bertz CT molecular complexity index is 614. The first kappa shape index (κ1) is 13.8. The topological polar surface area (TPSA) is 78.5 Å². The molecule has 2 aliphatic rings. The molecule has 2 heterocycles. The van der Waals surface area contributed by atoms with E-state index in [0.29, 0.717) is 6.42 Å². The van der Waals surface area contributed by atoms with Crippen molar-refractivity contribution in [1.82, 2.24) is 10.2 Å². The van der Waals surface area contributed by atoms with Crippen molar-refractivity contribution in [1.29, 1.82) is 0 Å². The highest BCUT2D eigenvalue weighted by atomic mass is 16.2. The summed E-state index contributed by atoms with van der Waals surface area (Å²) >= 11 is 0. The number of anilines is 1. The lowest BCUT2D eigenvalue weighted by Crippen LogP contribution is -2.48. The summed E-state index contributed by atoms with van der Waals surface area (Å²) in [5.41, 5.74) is 1.90. The van der Waals surface area contributed by atoms with Gasteiger partial charge in [-0.15, -0.1) is 0 Å². The largest absolute Gasteiger partial charge is 0.324 e. The number of hydrogen-bond acceptors (Lipinski definition) is 4. The van der Waals surface area contributed by atoms with Crippen molar-refractivity contribution in [3.63, 3.8) is 0 Å². The molecule has 0 aromatic heterocycles. The van der Waals surface area contributed by atoms with Crippen LogP contribution in [0.1, 0.15) is 18.4 Å². The summed E-state index contributed by atoms with van der Waals surface area (Å²) in [5.74, 6) is -0.640. The Kier molecular flexibility index (Phi) is 3.47. The minimum Gasteiger partial charge on any atom is -0.324 e. The molecule has 0 aliphatic carbocycles. The van der Waals surface area contributed by atoms with Crippen molar-refractivity contribution >= 4 is 23.4 Å². The van der Waals surface area contributed by atoms with Crippen molar-refractivity contribution in [3.8, 4) is 0 Å². The van der Waals surface area contributed by atoms with Crippen molar-refractivity contribution < 1.29 is 14.4 Å². The second kappa shape index (κ2) is 5.29. The molecule has 0 saturated carbocycles. The summed E-state index contributed by atoms with van der Waals surface area (Å²) in [5, 5.41) is 5.90. The van der Waals surface area contributed by atoms with Gasteiger partial charge >= 0.3 is 0 Å². The molecule has 6 heteroatoms. The quantitative estimate of drug-likeness (QED) is 0.766. The van der Waals surface area contributed by atoms with Crippen LogP contribution in [0, 0.1) is 0 Å². The Morgan fingerprint density at radius 2 is 1.95 bits per heavy atom. The molecule has 1 aromatic carbocycles. The molecule has 1 saturated heterocycles. The fraction of sp³-hybridized carbons (Fsp3) is 0.400. The number of carbonyl (C=O) groups excluding carboxylic acids is 3. The second-order valence-corrected chi connectivity index (χ2v) is 5.45. The summed E-state index contributed by atoms with van der Waals surface area (Å²) in [6.07, 6.45) is 1.47. The van der Waals surface area contributed by atoms with Crippen LogP contribution in [0.3, 0.4) is 0 Å². The summed E-state index contributed by atoms with van der Waals surface area (Å²) < 4.78 is 0. The summed E-state index contributed by atoms with van der Waals surface area (Å²) in [6, 6.07) is 6.60. The van der Waals surface area contributed by atoms with Gasteiger partial charge in [0.1, 0.15) is 0 Å². The molecule has 0 bridgehead atoms. The van der Waals surface area contributed by atoms with Crippen molar-refractivity contribution in [2.24, 2.45) is 0 Å². The van der Waals surface area contributed by atoms with Crippen LogP contribution in [0.15, 0.2) is 24.3 Å². The molecular weight excluding hydrogens is 270 g/mol. The Hall–Kier alpha value is -2.21. The molecule has 3 rings (SSSR count). The Morgan fingerprint density at radius 1 is 1.19 bits per heavy atom. The normalized spacial score (nSPS) is 25.6. The zero-order valence-electron chi connectivity index (χ0n) is 11.8. The molecule has 2 aliphatic heterocycles. The van der Waals surface area contributed by atoms with Gasteiger partial charge in [0.15, 0.2) is 0 Å². The van der Waals surface area contributed by atoms with Crippen LogP contribution in [0.5, 0.6) is 0 Å². The van der Waals surface area contributed by atoms with E-state index in [1.165, 1.54) is 7.05 Å². The van der Waals surface area contributed by atoms with Gasteiger partial charge in [-0.2, -0.15) is 0 Å². The average Bonchev–Trinajstić information content (AvgIpc) is 2.64. The molecule has 0 spiro atoms. The van der Waals surface area contributed by atoms with E-state index in [4.69, 9.17) is 0 Å². The van der Waals surface area contributed by atoms with E-state index in [9.17, 15) is 14.4 Å². The molecule has 0 radical (unpaired) electrons. The maximum atomic E-state index is 12.3. The van der Waals surface area contributed by atoms with Crippen LogP contribution in [-0.2, 0) is 20.8 Å². The summed E-state index contributed by atoms with van der Waals surface area (Å²) in [7, 11) is 1.47. The van der Waals surface area contributed by atoms with E-state index in [0.717, 1.165) is 22.6 Å². The summed E-state index contributed by atoms with van der Waals surface area (Å²) in [6.45, 7) is 0. The Labute approximate surface area is 122 Å². The Morgan fingerprint density at radius 3 is 2.67 bits per heavy atom. The van der Waals surface area contributed by atoms with Gasteiger partial charge in [0, 0.05) is 12.7 Å². The van der Waals surface area contributed by atoms with Gasteiger partial charge in [-0.3, -0.25) is 24.6 Å². The highest BCUT2D eigenvalue weighted by Gasteiger charge is 2.38. The zero-order chi connectivity index (χ0) is 15.0. The third-order valence-corrected chi connectivity index (χ3v) is 4.08. The number of benzene rings is 1. The van der Waals surface area contributed by atoms with E-state index < -0.39 is 12.1 Å². The molecule has 6 nitrogen and oxygen atoms in total. The molecule has 110 valence electrons. The van der Waals surface area contributed by atoms with Crippen LogP contribution < -0.4 is 10.6 Å². The third-order valence-electron chi connectivity index (χ3n) is 4.08. The number of likely N-dealkylation sites (tertiary alicyclic amines) is 1. The lowest BCUT2D eigenvalue weighted by molar-refractivity contribution is -0.137. The van der Waals surface area contributed by atoms with Crippen LogP contribution in [0.2, 0.25) is 0 Å². The van der Waals surface area contributed by atoms with E-state index in [1.807, 2.05) is 24.3 Å². The number of para-hydroxylation sites is 1. The molecule has 2 atom stereocenters. The van der Waals surface area contributed by atoms with E-state index in [-0.39, 0.29) is 24.1 Å². The number of amides is 3. The number of aryl methyl sites for hydroxylation is 1. The van der Waals surface area contributed by atoms with Crippen LogP contribution in [-0.4, -0.2) is 41.8 Å². The SMILES string of the molecule is CN1C(=O)CC(NC2CCc3ccccc3NC2=O)C1=O. The molecule has 2 unspecified atom stereocenters. The molecule has 21 heavy (non-hydrogen) atoms. The first-order chi connectivity index (χ1) is 10.1. The number of fused-ring (bicyclic) bond motifs is 1. The van der Waals surface area contributed by atoms with Gasteiger partial charge in [0.05, 0.1) is 18.5 Å². The van der Waals surface area contributed by atoms with Gasteiger partial charge in [-0.25, -0.2) is 0 Å². The monoisotopic (exact) mass is 287 g/mol. The number of nitrogens with zero attached hydrogens (tertiary/aromatic N) is 1. The zero-order valence-corrected chi connectivity index (χ0v) is 11.8. The standard InChI is InChI=1S/C15H17N3O3/c1-18-13(19)8-12(15(18)21)16-11-7-6-9-4-2-3-5-10(9)17-14(11)20/h2-5,11-12,16H,6-8H2,1H3,(H,17,20). The molecule has 1 aromatic rings. The van der Waals surface area contributed by atoms with E-state index in [2.05, 4.69) is 10.6 Å². The molecule has 1 fully saturated rings. The van der Waals surface area contributed by atoms with Crippen molar-refractivity contribution in [2.75, 3.05) is 12.4 Å². The number of carbonyl (C=O) groups is 3. The predicted molar refractivity (Wildman–Crippen MR) is 76.5 cm³/mol. The highest BCUT2D eigenvalue weighted by molar-refractivity contribution is 6.05. The van der Waals surface area contributed by atoms with Crippen molar-refractivity contribution in [2.45, 2.75) is 31.3 Å². The van der Waals surface area contributed by atoms with Gasteiger partial charge < -0.3 is 5.32 Å². The fourth-order valence-electron chi connectivity index (χ4n) is 2.80. The fourth-order valence-corrected chi connectivity index (χ4v) is 2.80. The molecule has 2 N–H and O–H groups in total. The lowest BCUT2D eigenvalue weighted by Gasteiger charge is -2.18. The van der Waals surface area contributed by atoms with Gasteiger partial charge in [0.25, 0.3) is 0 Å². The van der Waals surface area contributed by atoms with Crippen LogP contribution in [0.4, 0.5) is 5.69 Å². The minimum atomic E-state index is -0.598. The van der Waals surface area contributed by atoms with E-state index >= 15 is 0 Å². The van der Waals surface area contributed by atoms with Gasteiger partial charge in [-0.05, 0) is 24.5 Å². The van der Waals surface area contributed by atoms with Crippen LogP contribution in [0.25, 0.3) is 0 Å². The molecular formula is C15H17N3O3. The van der Waals surface area contributed by atoms with Gasteiger partial charge in [-0.1, -0.05) is 18.2 Å². The number of rotatable bonds is 2. The smallest absolute Gasteiger partial charge is 0.246 e. The van der Waals surface area contributed by atoms with Gasteiger partial charge in [0.2, 0.25) is 17.7 Å². The third kappa shape index (κ3) is 2.54. The first-order valence-corrected chi connectivity index (χ1v) is 7.01.